The zero-order valence-corrected chi connectivity index (χ0v) is 12.9. The van der Waals surface area contributed by atoms with Gasteiger partial charge >= 0.3 is 0 Å². The summed E-state index contributed by atoms with van der Waals surface area (Å²) < 4.78 is 10.8. The third-order valence-corrected chi connectivity index (χ3v) is 3.86. The fourth-order valence-corrected chi connectivity index (χ4v) is 2.47. The lowest BCUT2D eigenvalue weighted by Crippen LogP contribution is -2.56. The molecule has 0 radical (unpaired) electrons. The predicted molar refractivity (Wildman–Crippen MR) is 79.6 cm³/mol. The van der Waals surface area contributed by atoms with Crippen molar-refractivity contribution in [3.8, 4) is 11.8 Å². The molecule has 1 aliphatic heterocycles. The highest BCUT2D eigenvalue weighted by Gasteiger charge is 2.33. The Labute approximate surface area is 133 Å². The second-order valence-corrected chi connectivity index (χ2v) is 5.51. The van der Waals surface area contributed by atoms with Gasteiger partial charge in [0.05, 0.1) is 25.2 Å². The van der Waals surface area contributed by atoms with Gasteiger partial charge in [-0.15, -0.1) is 0 Å². The Kier molecular flexibility index (Phi) is 3.98. The molecule has 118 valence electrons. The number of hydrogen-bond donors (Lipinski definition) is 0. The summed E-state index contributed by atoms with van der Waals surface area (Å²) in [5, 5.41) is 12.7. The molecule has 1 saturated heterocycles. The molecule has 0 aliphatic carbocycles. The van der Waals surface area contributed by atoms with Gasteiger partial charge in [-0.1, -0.05) is 5.16 Å². The maximum Gasteiger partial charge on any atom is 0.227 e. The fraction of sp³-hybridized carbons (Fsp3) is 0.375. The monoisotopic (exact) mass is 312 g/mol. The molecule has 3 rings (SSSR count). The highest BCUT2D eigenvalue weighted by atomic mass is 16.5. The van der Waals surface area contributed by atoms with Crippen LogP contribution in [0.2, 0.25) is 0 Å². The molecule has 0 N–H and O–H groups in total. The van der Waals surface area contributed by atoms with Gasteiger partial charge in [-0.05, 0) is 19.9 Å². The van der Waals surface area contributed by atoms with Gasteiger partial charge in [0.1, 0.15) is 29.4 Å². The molecular weight excluding hydrogens is 296 g/mol. The van der Waals surface area contributed by atoms with E-state index in [1.807, 2.05) is 13.0 Å². The van der Waals surface area contributed by atoms with E-state index in [0.717, 1.165) is 11.3 Å². The molecule has 7 nitrogen and oxygen atoms in total. The van der Waals surface area contributed by atoms with Gasteiger partial charge in [-0.2, -0.15) is 5.26 Å². The molecule has 0 aromatic carbocycles. The van der Waals surface area contributed by atoms with Gasteiger partial charge in [0.15, 0.2) is 0 Å². The largest absolute Gasteiger partial charge is 0.487 e. The number of nitriles is 1. The summed E-state index contributed by atoms with van der Waals surface area (Å²) in [6.45, 7) is 4.71. The van der Waals surface area contributed by atoms with E-state index in [-0.39, 0.29) is 12.0 Å². The van der Waals surface area contributed by atoms with Crippen LogP contribution >= 0.6 is 0 Å². The van der Waals surface area contributed by atoms with Crippen LogP contribution in [-0.2, 0) is 11.2 Å². The van der Waals surface area contributed by atoms with E-state index < -0.39 is 0 Å². The first kappa shape index (κ1) is 15.0. The van der Waals surface area contributed by atoms with Crippen molar-refractivity contribution in [1.29, 1.82) is 5.26 Å². The lowest BCUT2D eigenvalue weighted by Gasteiger charge is -2.39. The molecule has 0 bridgehead atoms. The Balaban J connectivity index is 1.52. The third kappa shape index (κ3) is 3.16. The molecule has 0 saturated carbocycles. The van der Waals surface area contributed by atoms with Crippen molar-refractivity contribution in [2.24, 2.45) is 0 Å². The highest BCUT2D eigenvalue weighted by Crippen LogP contribution is 2.20. The summed E-state index contributed by atoms with van der Waals surface area (Å²) in [6.07, 6.45) is 1.77. The second kappa shape index (κ2) is 6.08. The minimum Gasteiger partial charge on any atom is -0.487 e. The van der Waals surface area contributed by atoms with E-state index in [0.29, 0.717) is 36.7 Å². The predicted octanol–water partition coefficient (Wildman–Crippen LogP) is 1.39. The number of likely N-dealkylation sites (tertiary alicyclic amines) is 1. The molecule has 3 heterocycles. The standard InChI is InChI=1S/C16H16N4O3/c1-10-15(11(2)23-19-10)6-16(21)20-8-14(9-20)22-13-3-4-18-12(5-13)7-17/h3-5,14H,6,8-9H2,1-2H3. The lowest BCUT2D eigenvalue weighted by molar-refractivity contribution is -0.139. The Morgan fingerprint density at radius 3 is 2.96 bits per heavy atom. The molecule has 1 fully saturated rings. The zero-order chi connectivity index (χ0) is 16.4. The number of carbonyl (C=O) groups excluding carboxylic acids is 1. The van der Waals surface area contributed by atoms with Gasteiger partial charge in [0, 0.05) is 17.8 Å². The zero-order valence-electron chi connectivity index (χ0n) is 12.9. The van der Waals surface area contributed by atoms with Crippen molar-refractivity contribution in [2.45, 2.75) is 26.4 Å². The summed E-state index contributed by atoms with van der Waals surface area (Å²) in [6, 6.07) is 5.26. The Morgan fingerprint density at radius 1 is 1.52 bits per heavy atom. The summed E-state index contributed by atoms with van der Waals surface area (Å²) in [5.74, 6) is 1.32. The number of pyridine rings is 1. The van der Waals surface area contributed by atoms with E-state index in [9.17, 15) is 4.79 Å². The molecule has 23 heavy (non-hydrogen) atoms. The molecule has 2 aromatic rings. The first-order valence-electron chi connectivity index (χ1n) is 7.29. The van der Waals surface area contributed by atoms with Crippen LogP contribution in [0.4, 0.5) is 0 Å². The molecular formula is C16H16N4O3. The second-order valence-electron chi connectivity index (χ2n) is 5.51. The minimum atomic E-state index is -0.0578. The van der Waals surface area contributed by atoms with Crippen LogP contribution < -0.4 is 4.74 Å². The van der Waals surface area contributed by atoms with Crippen LogP contribution in [0, 0.1) is 25.2 Å². The summed E-state index contributed by atoms with van der Waals surface area (Å²) in [4.78, 5) is 17.9. The number of rotatable bonds is 4. The molecule has 0 unspecified atom stereocenters. The number of ether oxygens (including phenoxy) is 1. The maximum atomic E-state index is 12.2. The van der Waals surface area contributed by atoms with E-state index >= 15 is 0 Å². The van der Waals surface area contributed by atoms with Crippen LogP contribution in [0.25, 0.3) is 0 Å². The molecule has 0 spiro atoms. The first-order chi connectivity index (χ1) is 11.1. The van der Waals surface area contributed by atoms with Crippen molar-refractivity contribution >= 4 is 5.91 Å². The number of aryl methyl sites for hydroxylation is 2. The van der Waals surface area contributed by atoms with Gasteiger partial charge in [0.2, 0.25) is 5.91 Å². The van der Waals surface area contributed by atoms with E-state index in [1.165, 1.54) is 6.20 Å². The van der Waals surface area contributed by atoms with E-state index in [2.05, 4.69) is 10.1 Å². The lowest BCUT2D eigenvalue weighted by atomic mass is 10.1. The Hall–Kier alpha value is -2.88. The third-order valence-electron chi connectivity index (χ3n) is 3.86. The Bertz CT molecular complexity index is 752. The summed E-state index contributed by atoms with van der Waals surface area (Å²) in [5.41, 5.74) is 1.92. The minimum absolute atomic E-state index is 0.0340. The number of carbonyl (C=O) groups is 1. The fourth-order valence-electron chi connectivity index (χ4n) is 2.47. The number of hydrogen-bond acceptors (Lipinski definition) is 6. The van der Waals surface area contributed by atoms with Crippen LogP contribution in [0.5, 0.6) is 5.75 Å². The Morgan fingerprint density at radius 2 is 2.30 bits per heavy atom. The van der Waals surface area contributed by atoms with Crippen molar-refractivity contribution in [1.82, 2.24) is 15.0 Å². The maximum absolute atomic E-state index is 12.2. The van der Waals surface area contributed by atoms with Crippen LogP contribution in [0.15, 0.2) is 22.9 Å². The smallest absolute Gasteiger partial charge is 0.227 e. The van der Waals surface area contributed by atoms with Gasteiger partial charge in [0.25, 0.3) is 0 Å². The summed E-state index contributed by atoms with van der Waals surface area (Å²) in [7, 11) is 0. The quantitative estimate of drug-likeness (QED) is 0.847. The first-order valence-corrected chi connectivity index (χ1v) is 7.29. The van der Waals surface area contributed by atoms with Crippen LogP contribution in [0.3, 0.4) is 0 Å². The molecule has 1 aliphatic rings. The van der Waals surface area contributed by atoms with Crippen molar-refractivity contribution in [3.63, 3.8) is 0 Å². The number of nitrogens with zero attached hydrogens (tertiary/aromatic N) is 4. The topological polar surface area (TPSA) is 92.2 Å². The molecule has 7 heteroatoms. The van der Waals surface area contributed by atoms with Gasteiger partial charge in [-0.25, -0.2) is 4.98 Å². The summed E-state index contributed by atoms with van der Waals surface area (Å²) >= 11 is 0. The van der Waals surface area contributed by atoms with Crippen molar-refractivity contribution < 1.29 is 14.1 Å². The average Bonchev–Trinajstić information content (AvgIpc) is 2.82. The average molecular weight is 312 g/mol. The van der Waals surface area contributed by atoms with E-state index in [1.54, 1.807) is 24.0 Å². The van der Waals surface area contributed by atoms with Gasteiger partial charge in [-0.3, -0.25) is 4.79 Å². The van der Waals surface area contributed by atoms with Crippen molar-refractivity contribution in [2.75, 3.05) is 13.1 Å². The van der Waals surface area contributed by atoms with Gasteiger partial charge < -0.3 is 14.2 Å². The normalized spacial score (nSPS) is 14.2. The van der Waals surface area contributed by atoms with E-state index in [4.69, 9.17) is 14.5 Å². The molecule has 0 atom stereocenters. The van der Waals surface area contributed by atoms with Crippen molar-refractivity contribution in [3.05, 3.63) is 41.0 Å². The molecule has 1 amide bonds. The number of amides is 1. The van der Waals surface area contributed by atoms with Crippen LogP contribution in [0.1, 0.15) is 22.7 Å². The highest BCUT2D eigenvalue weighted by molar-refractivity contribution is 5.80. The van der Waals surface area contributed by atoms with Crippen LogP contribution in [-0.4, -0.2) is 40.1 Å². The number of aromatic nitrogens is 2. The SMILES string of the molecule is Cc1noc(C)c1CC(=O)N1CC(Oc2ccnc(C#N)c2)C1. The molecule has 2 aromatic heterocycles.